The Bertz CT molecular complexity index is 2220. The largest absolute Gasteiger partial charge is 0.309 e. The number of hydrogen-bond acceptors (Lipinski definition) is 4. The van der Waals surface area contributed by atoms with Crippen molar-refractivity contribution >= 4 is 61.9 Å². The number of fused-ring (bicyclic) bond motifs is 6. The molecule has 214 valence electrons. The van der Waals surface area contributed by atoms with E-state index in [4.69, 9.17) is 9.98 Å². The maximum atomic E-state index is 4.78. The minimum atomic E-state index is 0.757. The van der Waals surface area contributed by atoms with Gasteiger partial charge in [0.05, 0.1) is 39.0 Å². The molecule has 4 aromatic carbocycles. The quantitative estimate of drug-likeness (QED) is 0.185. The lowest BCUT2D eigenvalue weighted by molar-refractivity contribution is 1.13. The first-order valence-electron chi connectivity index (χ1n) is 14.8. The molecule has 45 heavy (non-hydrogen) atoms. The fourth-order valence-electron chi connectivity index (χ4n) is 6.39. The van der Waals surface area contributed by atoms with Crippen molar-refractivity contribution in [2.75, 3.05) is 7.05 Å². The minimum absolute atomic E-state index is 0.757. The summed E-state index contributed by atoms with van der Waals surface area (Å²) in [4.78, 5) is 18.4. The predicted octanol–water partition coefficient (Wildman–Crippen LogP) is 8.83. The molecule has 0 saturated heterocycles. The van der Waals surface area contributed by atoms with E-state index in [-0.39, 0.29) is 0 Å². The molecule has 0 spiro atoms. The molecule has 8 aromatic rings. The van der Waals surface area contributed by atoms with Gasteiger partial charge in [-0.2, -0.15) is 0 Å². The fourth-order valence-corrected chi connectivity index (χ4v) is 6.39. The lowest BCUT2D eigenvalue weighted by Gasteiger charge is -2.16. The Kier molecular flexibility index (Phi) is 6.38. The molecule has 4 aromatic heterocycles. The zero-order valence-corrected chi connectivity index (χ0v) is 24.7. The highest BCUT2D eigenvalue weighted by atomic mass is 15.0. The number of hydrogen-bond donors (Lipinski definition) is 0. The summed E-state index contributed by atoms with van der Waals surface area (Å²) in [5.74, 6) is 0. The second-order valence-electron chi connectivity index (χ2n) is 10.9. The lowest BCUT2D eigenvalue weighted by atomic mass is 10.0. The van der Waals surface area contributed by atoms with Crippen molar-refractivity contribution in [3.63, 3.8) is 0 Å². The number of para-hydroxylation sites is 2. The third kappa shape index (κ3) is 4.34. The molecule has 0 N–H and O–H groups in total. The van der Waals surface area contributed by atoms with Crippen LogP contribution in [0.15, 0.2) is 150 Å². The normalized spacial score (nSPS) is 12.5. The third-order valence-corrected chi connectivity index (χ3v) is 8.37. The summed E-state index contributed by atoms with van der Waals surface area (Å²) in [6.07, 6.45) is 7.66. The molecule has 0 amide bonds. The van der Waals surface area contributed by atoms with Crippen molar-refractivity contribution in [1.29, 1.82) is 0 Å². The Labute approximate surface area is 260 Å². The van der Waals surface area contributed by atoms with Crippen molar-refractivity contribution < 1.29 is 0 Å². The van der Waals surface area contributed by atoms with Crippen LogP contribution in [0.3, 0.4) is 0 Å². The summed E-state index contributed by atoms with van der Waals surface area (Å²) in [5.41, 5.74) is 10.8. The van der Waals surface area contributed by atoms with Crippen LogP contribution in [0.2, 0.25) is 0 Å². The second kappa shape index (κ2) is 10.8. The van der Waals surface area contributed by atoms with Gasteiger partial charge in [0, 0.05) is 64.3 Å². The van der Waals surface area contributed by atoms with Gasteiger partial charge in [0.15, 0.2) is 0 Å². The van der Waals surface area contributed by atoms with E-state index >= 15 is 0 Å². The average molecular weight is 581 g/mol. The SMILES string of the molecule is C=N/C(=C\C(=NC)c1cc(-n2c3ccccc3c3cnccc32)cc(-n2c3ccccc3c3ncccc32)c1)c1ccccc1. The monoisotopic (exact) mass is 580 g/mol. The van der Waals surface area contributed by atoms with Crippen LogP contribution in [0.5, 0.6) is 0 Å². The molecule has 0 aliphatic carbocycles. The first kappa shape index (κ1) is 26.5. The average Bonchev–Trinajstić information content (AvgIpc) is 3.62. The van der Waals surface area contributed by atoms with Gasteiger partial charge in [-0.05, 0) is 61.3 Å². The van der Waals surface area contributed by atoms with Gasteiger partial charge in [0.25, 0.3) is 0 Å². The summed E-state index contributed by atoms with van der Waals surface area (Å²) < 4.78 is 4.60. The Morgan fingerprint density at radius 3 is 2.04 bits per heavy atom. The second-order valence-corrected chi connectivity index (χ2v) is 10.9. The number of aliphatic imine (C=N–C) groups is 2. The Morgan fingerprint density at radius 2 is 1.29 bits per heavy atom. The van der Waals surface area contributed by atoms with Crippen LogP contribution in [0, 0.1) is 0 Å². The summed E-state index contributed by atoms with van der Waals surface area (Å²) in [7, 11) is 1.82. The molecule has 8 rings (SSSR count). The van der Waals surface area contributed by atoms with E-state index in [0.717, 1.165) is 77.7 Å². The van der Waals surface area contributed by atoms with E-state index in [0.29, 0.717) is 0 Å². The van der Waals surface area contributed by atoms with Gasteiger partial charge < -0.3 is 9.13 Å². The summed E-state index contributed by atoms with van der Waals surface area (Å²) >= 11 is 0. The molecular weight excluding hydrogens is 552 g/mol. The molecule has 0 aliphatic rings. The lowest BCUT2D eigenvalue weighted by Crippen LogP contribution is -2.05. The Morgan fingerprint density at radius 1 is 0.644 bits per heavy atom. The molecule has 0 fully saturated rings. The molecule has 6 heteroatoms. The molecule has 4 heterocycles. The molecule has 0 atom stereocenters. The van der Waals surface area contributed by atoms with Gasteiger partial charge >= 0.3 is 0 Å². The van der Waals surface area contributed by atoms with Crippen molar-refractivity contribution in [2.45, 2.75) is 0 Å². The first-order valence-corrected chi connectivity index (χ1v) is 14.8. The van der Waals surface area contributed by atoms with E-state index in [2.05, 4.69) is 105 Å². The third-order valence-electron chi connectivity index (χ3n) is 8.37. The van der Waals surface area contributed by atoms with E-state index in [9.17, 15) is 0 Å². The summed E-state index contributed by atoms with van der Waals surface area (Å²) in [5, 5.41) is 3.36. The molecule has 0 unspecified atom stereocenters. The fraction of sp³-hybridized carbons (Fsp3) is 0.0256. The highest BCUT2D eigenvalue weighted by molar-refractivity contribution is 6.14. The number of aromatic nitrogens is 4. The Balaban J connectivity index is 1.45. The molecular formula is C39H28N6. The topological polar surface area (TPSA) is 60.4 Å². The van der Waals surface area contributed by atoms with Crippen molar-refractivity contribution in [2.24, 2.45) is 9.98 Å². The minimum Gasteiger partial charge on any atom is -0.309 e. The van der Waals surface area contributed by atoms with Gasteiger partial charge in [-0.1, -0.05) is 66.7 Å². The van der Waals surface area contributed by atoms with Crippen molar-refractivity contribution in [3.05, 3.63) is 151 Å². The van der Waals surface area contributed by atoms with Gasteiger partial charge in [-0.25, -0.2) is 0 Å². The number of nitrogens with zero attached hydrogens (tertiary/aromatic N) is 6. The maximum absolute atomic E-state index is 4.78. The molecule has 0 bridgehead atoms. The number of allylic oxidation sites excluding steroid dienone is 1. The number of rotatable bonds is 6. The Hall–Kier alpha value is -6.14. The van der Waals surface area contributed by atoms with Crippen LogP contribution >= 0.6 is 0 Å². The molecule has 0 saturated carbocycles. The summed E-state index contributed by atoms with van der Waals surface area (Å²) in [6.45, 7) is 3.88. The highest BCUT2D eigenvalue weighted by Gasteiger charge is 2.18. The molecule has 0 aliphatic heterocycles. The number of pyridine rings is 2. The van der Waals surface area contributed by atoms with Crippen molar-refractivity contribution in [3.8, 4) is 11.4 Å². The van der Waals surface area contributed by atoms with Crippen LogP contribution in [0.25, 0.3) is 60.8 Å². The zero-order chi connectivity index (χ0) is 30.3. The standard InChI is InChI=1S/C39H28N6/c1-40-33(26-11-4-3-5-12-26)24-34(41-2)27-21-28(44-35-15-8-6-13-30(35)32-25-42-20-18-37(32)44)23-29(22-27)45-36-16-9-7-14-31(36)39-38(45)17-10-19-43-39/h3-25H,1H2,2H3/b33-24-,41-34?. The summed E-state index contributed by atoms with van der Waals surface area (Å²) in [6, 6.07) is 39.8. The van der Waals surface area contributed by atoms with E-state index in [1.165, 1.54) is 0 Å². The van der Waals surface area contributed by atoms with Crippen LogP contribution in [-0.4, -0.2) is 38.6 Å². The van der Waals surface area contributed by atoms with Gasteiger partial charge in [0.1, 0.15) is 0 Å². The number of benzene rings is 4. The van der Waals surface area contributed by atoms with Crippen molar-refractivity contribution in [1.82, 2.24) is 19.1 Å². The first-order chi connectivity index (χ1) is 22.2. The van der Waals surface area contributed by atoms with Crippen LogP contribution < -0.4 is 0 Å². The van der Waals surface area contributed by atoms with Crippen LogP contribution in [-0.2, 0) is 0 Å². The van der Waals surface area contributed by atoms with Gasteiger partial charge in [0.2, 0.25) is 0 Å². The smallest absolute Gasteiger partial charge is 0.0963 e. The van der Waals surface area contributed by atoms with Crippen LogP contribution in [0.1, 0.15) is 11.1 Å². The van der Waals surface area contributed by atoms with E-state index in [1.54, 1.807) is 0 Å². The molecule has 6 nitrogen and oxygen atoms in total. The van der Waals surface area contributed by atoms with Gasteiger partial charge in [-0.3, -0.25) is 20.0 Å². The maximum Gasteiger partial charge on any atom is 0.0963 e. The molecule has 0 radical (unpaired) electrons. The van der Waals surface area contributed by atoms with E-state index < -0.39 is 0 Å². The highest BCUT2D eigenvalue weighted by Crippen LogP contribution is 2.35. The predicted molar refractivity (Wildman–Crippen MR) is 187 cm³/mol. The van der Waals surface area contributed by atoms with Crippen LogP contribution in [0.4, 0.5) is 0 Å². The zero-order valence-electron chi connectivity index (χ0n) is 24.7. The van der Waals surface area contributed by atoms with Gasteiger partial charge in [-0.15, -0.1) is 0 Å². The van der Waals surface area contributed by atoms with E-state index in [1.807, 2.05) is 68.1 Å².